The molecule has 0 amide bonds. The summed E-state index contributed by atoms with van der Waals surface area (Å²) >= 11 is 4.63. The number of hydrogen-bond acceptors (Lipinski definition) is 2. The fourth-order valence-corrected chi connectivity index (χ4v) is 2.79. The van der Waals surface area contributed by atoms with E-state index in [0.717, 1.165) is 14.7 Å². The molecule has 0 atom stereocenters. The van der Waals surface area contributed by atoms with Gasteiger partial charge < -0.3 is 5.11 Å². The Morgan fingerprint density at radius 3 is 2.92 bits per heavy atom. The monoisotopic (exact) mass is 260 g/mol. The number of halogens is 2. The molecule has 0 unspecified atom stereocenters. The van der Waals surface area contributed by atoms with Crippen molar-refractivity contribution in [2.45, 2.75) is 6.61 Å². The lowest BCUT2D eigenvalue weighted by molar-refractivity contribution is 0.283. The SMILES string of the molecule is OCc1c(Br)ccc2c(F)csc12. The number of aliphatic hydroxyl groups is 1. The highest BCUT2D eigenvalue weighted by molar-refractivity contribution is 9.10. The molecule has 2 rings (SSSR count). The lowest BCUT2D eigenvalue weighted by atomic mass is 10.2. The lowest BCUT2D eigenvalue weighted by Gasteiger charge is -2.01. The molecule has 0 aliphatic heterocycles. The van der Waals surface area contributed by atoms with Crippen molar-refractivity contribution in [3.63, 3.8) is 0 Å². The largest absolute Gasteiger partial charge is 0.392 e. The highest BCUT2D eigenvalue weighted by Crippen LogP contribution is 2.32. The van der Waals surface area contributed by atoms with E-state index in [0.29, 0.717) is 5.39 Å². The van der Waals surface area contributed by atoms with Crippen LogP contribution in [0.2, 0.25) is 0 Å². The molecule has 0 bridgehead atoms. The molecule has 1 N–H and O–H groups in total. The zero-order valence-electron chi connectivity index (χ0n) is 6.55. The third kappa shape index (κ3) is 1.39. The third-order valence-corrected chi connectivity index (χ3v) is 3.67. The summed E-state index contributed by atoms with van der Waals surface area (Å²) in [6.45, 7) is -0.0716. The molecule has 0 spiro atoms. The number of fused-ring (bicyclic) bond motifs is 1. The molecule has 1 heterocycles. The normalized spacial score (nSPS) is 11.0. The van der Waals surface area contributed by atoms with Crippen LogP contribution >= 0.6 is 27.3 Å². The van der Waals surface area contributed by atoms with E-state index < -0.39 is 0 Å². The first-order valence-corrected chi connectivity index (χ1v) is 5.36. The summed E-state index contributed by atoms with van der Waals surface area (Å²) in [7, 11) is 0. The highest BCUT2D eigenvalue weighted by atomic mass is 79.9. The van der Waals surface area contributed by atoms with Gasteiger partial charge in [0.1, 0.15) is 5.82 Å². The lowest BCUT2D eigenvalue weighted by Crippen LogP contribution is -1.85. The quantitative estimate of drug-likeness (QED) is 0.835. The smallest absolute Gasteiger partial charge is 0.141 e. The van der Waals surface area contributed by atoms with E-state index in [1.54, 1.807) is 12.1 Å². The van der Waals surface area contributed by atoms with E-state index in [2.05, 4.69) is 15.9 Å². The molecule has 1 aromatic heterocycles. The van der Waals surface area contributed by atoms with Gasteiger partial charge in [0.05, 0.1) is 6.61 Å². The second-order valence-corrected chi connectivity index (χ2v) is 4.38. The molecular formula is C9H6BrFOS. The minimum Gasteiger partial charge on any atom is -0.392 e. The van der Waals surface area contributed by atoms with Crippen LogP contribution in [0.3, 0.4) is 0 Å². The molecule has 68 valence electrons. The van der Waals surface area contributed by atoms with Crippen LogP contribution in [0, 0.1) is 5.82 Å². The first-order chi connectivity index (χ1) is 6.24. The van der Waals surface area contributed by atoms with Gasteiger partial charge in [-0.3, -0.25) is 0 Å². The molecule has 1 nitrogen and oxygen atoms in total. The van der Waals surface area contributed by atoms with Crippen molar-refractivity contribution in [1.29, 1.82) is 0 Å². The van der Waals surface area contributed by atoms with Crippen LogP contribution in [0.1, 0.15) is 5.56 Å². The molecule has 0 aliphatic carbocycles. The summed E-state index contributed by atoms with van der Waals surface area (Å²) in [5.41, 5.74) is 0.756. The molecule has 0 radical (unpaired) electrons. The van der Waals surface area contributed by atoms with Gasteiger partial charge in [0.2, 0.25) is 0 Å². The van der Waals surface area contributed by atoms with Crippen LogP contribution in [0.25, 0.3) is 10.1 Å². The van der Waals surface area contributed by atoms with Crippen molar-refractivity contribution in [2.24, 2.45) is 0 Å². The minimum absolute atomic E-state index is 0.0716. The van der Waals surface area contributed by atoms with E-state index in [1.165, 1.54) is 16.7 Å². The summed E-state index contributed by atoms with van der Waals surface area (Å²) in [5.74, 6) is -0.220. The number of benzene rings is 1. The Balaban J connectivity index is 2.85. The maximum Gasteiger partial charge on any atom is 0.141 e. The fraction of sp³-hybridized carbons (Fsp3) is 0.111. The Labute approximate surface area is 86.9 Å². The first-order valence-electron chi connectivity index (χ1n) is 3.69. The van der Waals surface area contributed by atoms with Gasteiger partial charge in [-0.15, -0.1) is 11.3 Å². The predicted molar refractivity (Wildman–Crippen MR) is 55.4 cm³/mol. The van der Waals surface area contributed by atoms with Crippen LogP contribution in [0.5, 0.6) is 0 Å². The predicted octanol–water partition coefficient (Wildman–Crippen LogP) is 3.30. The minimum atomic E-state index is -0.220. The van der Waals surface area contributed by atoms with E-state index in [-0.39, 0.29) is 12.4 Å². The summed E-state index contributed by atoms with van der Waals surface area (Å²) in [6.07, 6.45) is 0. The average Bonchev–Trinajstić information content (AvgIpc) is 2.48. The van der Waals surface area contributed by atoms with Crippen LogP contribution in [-0.4, -0.2) is 5.11 Å². The van der Waals surface area contributed by atoms with Crippen LogP contribution in [-0.2, 0) is 6.61 Å². The van der Waals surface area contributed by atoms with Gasteiger partial charge in [0, 0.05) is 25.5 Å². The number of hydrogen-bond donors (Lipinski definition) is 1. The molecule has 0 aliphatic rings. The zero-order chi connectivity index (χ0) is 9.42. The number of thiophene rings is 1. The molecule has 0 saturated carbocycles. The Kier molecular flexibility index (Phi) is 2.36. The molecule has 1 aromatic carbocycles. The summed E-state index contributed by atoms with van der Waals surface area (Å²) in [4.78, 5) is 0. The summed E-state index contributed by atoms with van der Waals surface area (Å²) < 4.78 is 14.7. The number of aliphatic hydroxyl groups excluding tert-OH is 1. The van der Waals surface area contributed by atoms with Gasteiger partial charge in [0.25, 0.3) is 0 Å². The van der Waals surface area contributed by atoms with Gasteiger partial charge in [-0.2, -0.15) is 0 Å². The van der Waals surface area contributed by atoms with Crippen molar-refractivity contribution in [1.82, 2.24) is 0 Å². The molecule has 0 fully saturated rings. The Hall–Kier alpha value is -0.450. The summed E-state index contributed by atoms with van der Waals surface area (Å²) in [6, 6.07) is 3.47. The first kappa shape index (κ1) is 9.12. The van der Waals surface area contributed by atoms with E-state index in [4.69, 9.17) is 5.11 Å². The van der Waals surface area contributed by atoms with E-state index >= 15 is 0 Å². The van der Waals surface area contributed by atoms with Crippen LogP contribution in [0.15, 0.2) is 22.0 Å². The number of rotatable bonds is 1. The van der Waals surface area contributed by atoms with Gasteiger partial charge in [-0.25, -0.2) is 4.39 Å². The molecule has 13 heavy (non-hydrogen) atoms. The molecule has 2 aromatic rings. The Morgan fingerprint density at radius 1 is 1.46 bits per heavy atom. The maximum atomic E-state index is 13.1. The van der Waals surface area contributed by atoms with Gasteiger partial charge in [0.15, 0.2) is 0 Å². The summed E-state index contributed by atoms with van der Waals surface area (Å²) in [5, 5.41) is 11.1. The topological polar surface area (TPSA) is 20.2 Å². The second kappa shape index (κ2) is 3.36. The van der Waals surface area contributed by atoms with Crippen molar-refractivity contribution < 1.29 is 9.50 Å². The van der Waals surface area contributed by atoms with Crippen molar-refractivity contribution in [3.05, 3.63) is 33.4 Å². The standard InChI is InChI=1S/C9H6BrFOS/c10-7-2-1-5-8(11)4-13-9(5)6(7)3-12/h1-2,4,12H,3H2. The van der Waals surface area contributed by atoms with Crippen molar-refractivity contribution in [2.75, 3.05) is 0 Å². The van der Waals surface area contributed by atoms with Gasteiger partial charge in [-0.05, 0) is 12.1 Å². The van der Waals surface area contributed by atoms with E-state index in [1.807, 2.05) is 0 Å². The maximum absolute atomic E-state index is 13.1. The third-order valence-electron chi connectivity index (χ3n) is 1.90. The second-order valence-electron chi connectivity index (χ2n) is 2.64. The van der Waals surface area contributed by atoms with E-state index in [9.17, 15) is 4.39 Å². The highest BCUT2D eigenvalue weighted by Gasteiger charge is 2.09. The van der Waals surface area contributed by atoms with Crippen molar-refractivity contribution in [3.8, 4) is 0 Å². The average molecular weight is 261 g/mol. The van der Waals surface area contributed by atoms with Crippen LogP contribution < -0.4 is 0 Å². The molecule has 0 saturated heterocycles. The fourth-order valence-electron chi connectivity index (χ4n) is 1.25. The van der Waals surface area contributed by atoms with Crippen LogP contribution in [0.4, 0.5) is 4.39 Å². The molecule has 4 heteroatoms. The Morgan fingerprint density at radius 2 is 2.23 bits per heavy atom. The Bertz CT molecular complexity index is 452. The molecular weight excluding hydrogens is 255 g/mol. The van der Waals surface area contributed by atoms with Gasteiger partial charge >= 0.3 is 0 Å². The van der Waals surface area contributed by atoms with Gasteiger partial charge in [-0.1, -0.05) is 15.9 Å². The van der Waals surface area contributed by atoms with Crippen molar-refractivity contribution >= 4 is 37.4 Å². The zero-order valence-corrected chi connectivity index (χ0v) is 8.95.